The molecule has 4 aromatic rings. The van der Waals surface area contributed by atoms with Crippen molar-refractivity contribution >= 4 is 34.5 Å². The molecule has 0 fully saturated rings. The lowest BCUT2D eigenvalue weighted by Crippen LogP contribution is -1.79. The van der Waals surface area contributed by atoms with E-state index in [1.807, 2.05) is 36.4 Å². The summed E-state index contributed by atoms with van der Waals surface area (Å²) in [6.07, 6.45) is 0. The fraction of sp³-hybridized carbons (Fsp3) is 0.0625. The minimum atomic E-state index is 0.460. The second-order valence-electron chi connectivity index (χ2n) is 4.74. The third kappa shape index (κ3) is 3.09. The van der Waals surface area contributed by atoms with Crippen molar-refractivity contribution in [3.8, 4) is 11.5 Å². The molecule has 0 N–H and O–H groups in total. The molecule has 0 aliphatic rings. The van der Waals surface area contributed by atoms with Crippen molar-refractivity contribution in [3.05, 3.63) is 59.4 Å². The van der Waals surface area contributed by atoms with E-state index in [0.29, 0.717) is 27.8 Å². The molecule has 0 spiro atoms. The Hall–Kier alpha value is -2.31. The number of oxazole rings is 1. The number of halogens is 1. The van der Waals surface area contributed by atoms with Crippen LogP contribution in [0.2, 0.25) is 5.02 Å². The van der Waals surface area contributed by atoms with Crippen molar-refractivity contribution in [1.82, 2.24) is 15.2 Å². The first-order chi connectivity index (χ1) is 11.3. The molecule has 5 nitrogen and oxygen atoms in total. The van der Waals surface area contributed by atoms with Crippen LogP contribution in [-0.4, -0.2) is 15.2 Å². The van der Waals surface area contributed by atoms with Crippen LogP contribution < -0.4 is 0 Å². The topological polar surface area (TPSA) is 65.0 Å². The number of para-hydroxylation sites is 2. The maximum Gasteiger partial charge on any atom is 0.277 e. The van der Waals surface area contributed by atoms with Crippen LogP contribution in [0.15, 0.2) is 62.6 Å². The van der Waals surface area contributed by atoms with E-state index in [9.17, 15) is 0 Å². The van der Waals surface area contributed by atoms with Gasteiger partial charge in [-0.25, -0.2) is 4.98 Å². The first kappa shape index (κ1) is 14.3. The van der Waals surface area contributed by atoms with Crippen molar-refractivity contribution in [2.24, 2.45) is 0 Å². The Morgan fingerprint density at radius 1 is 0.957 bits per heavy atom. The Kier molecular flexibility index (Phi) is 3.77. The summed E-state index contributed by atoms with van der Waals surface area (Å²) >= 11 is 7.25. The number of benzene rings is 2. The van der Waals surface area contributed by atoms with E-state index in [1.54, 1.807) is 12.1 Å². The maximum absolute atomic E-state index is 5.87. The zero-order valence-electron chi connectivity index (χ0n) is 11.8. The van der Waals surface area contributed by atoms with Gasteiger partial charge in [-0.1, -0.05) is 35.5 Å². The lowest BCUT2D eigenvalue weighted by molar-refractivity contribution is 0.464. The number of aromatic nitrogens is 3. The Morgan fingerprint density at radius 2 is 1.78 bits per heavy atom. The number of fused-ring (bicyclic) bond motifs is 1. The molecular formula is C16H10ClN3O2S. The van der Waals surface area contributed by atoms with Crippen LogP contribution in [-0.2, 0) is 5.75 Å². The van der Waals surface area contributed by atoms with Gasteiger partial charge in [0.2, 0.25) is 11.8 Å². The first-order valence-corrected chi connectivity index (χ1v) is 8.21. The monoisotopic (exact) mass is 343 g/mol. The second-order valence-corrected chi connectivity index (χ2v) is 6.11. The Balaban J connectivity index is 1.48. The molecule has 0 aliphatic heterocycles. The van der Waals surface area contributed by atoms with Gasteiger partial charge in [-0.05, 0) is 36.4 Å². The van der Waals surface area contributed by atoms with Gasteiger partial charge in [0.05, 0.1) is 5.75 Å². The van der Waals surface area contributed by atoms with E-state index in [4.69, 9.17) is 20.4 Å². The predicted molar refractivity (Wildman–Crippen MR) is 88.3 cm³/mol. The molecule has 114 valence electrons. The van der Waals surface area contributed by atoms with Crippen LogP contribution in [0.25, 0.3) is 22.6 Å². The Morgan fingerprint density at radius 3 is 2.61 bits per heavy atom. The summed E-state index contributed by atoms with van der Waals surface area (Å²) in [7, 11) is 0. The Bertz CT molecular complexity index is 916. The van der Waals surface area contributed by atoms with E-state index < -0.39 is 0 Å². The van der Waals surface area contributed by atoms with E-state index in [2.05, 4.69) is 15.2 Å². The van der Waals surface area contributed by atoms with Gasteiger partial charge >= 0.3 is 0 Å². The first-order valence-electron chi connectivity index (χ1n) is 6.84. The summed E-state index contributed by atoms with van der Waals surface area (Å²) in [5.41, 5.74) is 2.45. The van der Waals surface area contributed by atoms with Crippen molar-refractivity contribution in [2.45, 2.75) is 11.0 Å². The summed E-state index contributed by atoms with van der Waals surface area (Å²) in [6, 6.07) is 14.9. The lowest BCUT2D eigenvalue weighted by atomic mass is 10.2. The number of hydrogen-bond donors (Lipinski definition) is 0. The highest BCUT2D eigenvalue weighted by Gasteiger charge is 2.11. The largest absolute Gasteiger partial charge is 0.440 e. The third-order valence-electron chi connectivity index (χ3n) is 3.15. The van der Waals surface area contributed by atoms with Crippen LogP contribution in [0, 0.1) is 0 Å². The highest BCUT2D eigenvalue weighted by molar-refractivity contribution is 7.98. The molecule has 7 heteroatoms. The van der Waals surface area contributed by atoms with Gasteiger partial charge in [0.15, 0.2) is 5.58 Å². The second kappa shape index (κ2) is 6.06. The summed E-state index contributed by atoms with van der Waals surface area (Å²) in [4.78, 5) is 4.41. The summed E-state index contributed by atoms with van der Waals surface area (Å²) < 4.78 is 11.3. The summed E-state index contributed by atoms with van der Waals surface area (Å²) in [6.45, 7) is 0. The molecule has 23 heavy (non-hydrogen) atoms. The third-order valence-corrected chi connectivity index (χ3v) is 4.21. The van der Waals surface area contributed by atoms with Crippen LogP contribution in [0.1, 0.15) is 5.89 Å². The van der Waals surface area contributed by atoms with Crippen LogP contribution >= 0.6 is 23.4 Å². The smallest absolute Gasteiger partial charge is 0.277 e. The zero-order valence-corrected chi connectivity index (χ0v) is 13.3. The van der Waals surface area contributed by atoms with Gasteiger partial charge in [0.25, 0.3) is 5.22 Å². The van der Waals surface area contributed by atoms with Gasteiger partial charge in [0, 0.05) is 10.6 Å². The van der Waals surface area contributed by atoms with E-state index in [1.165, 1.54) is 11.8 Å². The van der Waals surface area contributed by atoms with Gasteiger partial charge in [-0.2, -0.15) is 0 Å². The molecule has 0 amide bonds. The van der Waals surface area contributed by atoms with Gasteiger partial charge < -0.3 is 8.83 Å². The fourth-order valence-corrected chi connectivity index (χ4v) is 2.82. The van der Waals surface area contributed by atoms with Crippen molar-refractivity contribution in [2.75, 3.05) is 0 Å². The van der Waals surface area contributed by atoms with Crippen LogP contribution in [0.4, 0.5) is 0 Å². The van der Waals surface area contributed by atoms with Crippen molar-refractivity contribution in [3.63, 3.8) is 0 Å². The normalized spacial score (nSPS) is 11.2. The molecule has 0 radical (unpaired) electrons. The molecule has 0 unspecified atom stereocenters. The van der Waals surface area contributed by atoms with Gasteiger partial charge in [-0.3, -0.25) is 0 Å². The van der Waals surface area contributed by atoms with E-state index in [0.717, 1.165) is 16.7 Å². The number of rotatable bonds is 4. The highest BCUT2D eigenvalue weighted by atomic mass is 35.5. The average molecular weight is 344 g/mol. The number of hydrogen-bond acceptors (Lipinski definition) is 6. The minimum Gasteiger partial charge on any atom is -0.440 e. The molecule has 0 saturated heterocycles. The van der Waals surface area contributed by atoms with E-state index in [-0.39, 0.29) is 0 Å². The number of thioether (sulfide) groups is 1. The summed E-state index contributed by atoms with van der Waals surface area (Å²) in [5.74, 6) is 1.61. The number of nitrogens with zero attached hydrogens (tertiary/aromatic N) is 3. The fourth-order valence-electron chi connectivity index (χ4n) is 2.08. The summed E-state index contributed by atoms with van der Waals surface area (Å²) in [5, 5.41) is 9.20. The molecular weight excluding hydrogens is 334 g/mol. The molecule has 4 rings (SSSR count). The molecule has 0 bridgehead atoms. The molecule has 0 saturated carbocycles. The minimum absolute atomic E-state index is 0.460. The SMILES string of the molecule is Clc1ccc(-c2nnc(SCc3nc4ccccc4o3)o2)cc1. The average Bonchev–Trinajstić information content (AvgIpc) is 3.20. The molecule has 2 aromatic heterocycles. The van der Waals surface area contributed by atoms with Gasteiger partial charge in [-0.15, -0.1) is 10.2 Å². The Labute approximate surface area is 140 Å². The maximum atomic E-state index is 5.87. The molecule has 2 heterocycles. The lowest BCUT2D eigenvalue weighted by Gasteiger charge is -1.94. The molecule has 2 aromatic carbocycles. The van der Waals surface area contributed by atoms with Gasteiger partial charge in [0.1, 0.15) is 5.52 Å². The molecule has 0 aliphatic carbocycles. The van der Waals surface area contributed by atoms with E-state index >= 15 is 0 Å². The quantitative estimate of drug-likeness (QED) is 0.495. The highest BCUT2D eigenvalue weighted by Crippen LogP contribution is 2.27. The molecule has 0 atom stereocenters. The van der Waals surface area contributed by atoms with Crippen LogP contribution in [0.3, 0.4) is 0 Å². The van der Waals surface area contributed by atoms with Crippen molar-refractivity contribution < 1.29 is 8.83 Å². The van der Waals surface area contributed by atoms with Crippen LogP contribution in [0.5, 0.6) is 0 Å². The standard InChI is InChI=1S/C16H10ClN3O2S/c17-11-7-5-10(6-8-11)15-19-20-16(22-15)23-9-14-18-12-3-1-2-4-13(12)21-14/h1-8H,9H2. The zero-order chi connectivity index (χ0) is 15.6. The predicted octanol–water partition coefficient (Wildman–Crippen LogP) is 4.82. The van der Waals surface area contributed by atoms with Crippen molar-refractivity contribution in [1.29, 1.82) is 0 Å².